The topological polar surface area (TPSA) is 87.3 Å². The van der Waals surface area contributed by atoms with Crippen LogP contribution in [0.2, 0.25) is 0 Å². The Morgan fingerprint density at radius 2 is 1.63 bits per heavy atom. The van der Waals surface area contributed by atoms with Crippen molar-refractivity contribution < 1.29 is 27.6 Å². The molecule has 1 aromatic heterocycles. The first-order valence-corrected chi connectivity index (χ1v) is 8.69. The molecule has 0 spiro atoms. The van der Waals surface area contributed by atoms with E-state index in [1.165, 1.54) is 23.5 Å². The third kappa shape index (κ3) is 7.10. The van der Waals surface area contributed by atoms with Crippen LogP contribution in [-0.2, 0) is 27.0 Å². The summed E-state index contributed by atoms with van der Waals surface area (Å²) in [7, 11) is 0. The summed E-state index contributed by atoms with van der Waals surface area (Å²) in [5.41, 5.74) is 3.51. The van der Waals surface area contributed by atoms with Gasteiger partial charge in [-0.3, -0.25) is 25.2 Å². The first-order chi connectivity index (χ1) is 12.7. The first kappa shape index (κ1) is 20.4. The quantitative estimate of drug-likeness (QED) is 0.653. The monoisotopic (exact) mass is 399 g/mol. The average molecular weight is 399 g/mol. The molecule has 0 aliphatic carbocycles. The minimum atomic E-state index is -4.51. The molecule has 0 unspecified atom stereocenters. The van der Waals surface area contributed by atoms with Crippen LogP contribution in [0.25, 0.3) is 0 Å². The van der Waals surface area contributed by atoms with Crippen LogP contribution in [0.1, 0.15) is 23.3 Å². The number of amides is 3. The second kappa shape index (κ2) is 9.17. The maximum Gasteiger partial charge on any atom is 0.416 e. The molecule has 0 aliphatic rings. The van der Waals surface area contributed by atoms with Crippen molar-refractivity contribution in [1.82, 2.24) is 10.9 Å². The van der Waals surface area contributed by atoms with Crippen LogP contribution < -0.4 is 16.2 Å². The van der Waals surface area contributed by atoms with Gasteiger partial charge in [0, 0.05) is 23.4 Å². The average Bonchev–Trinajstić information content (AvgIpc) is 3.10. The molecule has 10 heteroatoms. The molecule has 0 saturated carbocycles. The van der Waals surface area contributed by atoms with Gasteiger partial charge in [0.1, 0.15) is 0 Å². The van der Waals surface area contributed by atoms with E-state index in [1.54, 1.807) is 12.1 Å². The molecule has 0 saturated heterocycles. The normalized spacial score (nSPS) is 10.9. The van der Waals surface area contributed by atoms with Gasteiger partial charge in [0.05, 0.1) is 12.0 Å². The Bertz CT molecular complexity index is 807. The molecule has 1 aromatic carbocycles. The van der Waals surface area contributed by atoms with Gasteiger partial charge in [0.2, 0.25) is 17.7 Å². The third-order valence-corrected chi connectivity index (χ3v) is 4.19. The van der Waals surface area contributed by atoms with Crippen molar-refractivity contribution >= 4 is 34.7 Å². The summed E-state index contributed by atoms with van der Waals surface area (Å²) in [6.07, 6.45) is -4.87. The van der Waals surface area contributed by atoms with Crippen molar-refractivity contribution in [1.29, 1.82) is 0 Å². The van der Waals surface area contributed by atoms with Crippen LogP contribution in [-0.4, -0.2) is 17.7 Å². The van der Waals surface area contributed by atoms with Gasteiger partial charge in [0.15, 0.2) is 0 Å². The van der Waals surface area contributed by atoms with Crippen LogP contribution in [0.15, 0.2) is 41.8 Å². The lowest BCUT2D eigenvalue weighted by molar-refractivity contribution is -0.137. The number of nitrogens with one attached hydrogen (secondary N) is 3. The van der Waals surface area contributed by atoms with Crippen LogP contribution in [0.3, 0.4) is 0 Å². The van der Waals surface area contributed by atoms with Gasteiger partial charge >= 0.3 is 6.18 Å². The lowest BCUT2D eigenvalue weighted by Gasteiger charge is -2.10. The molecule has 27 heavy (non-hydrogen) atoms. The number of benzene rings is 1. The van der Waals surface area contributed by atoms with E-state index in [2.05, 4.69) is 16.2 Å². The summed E-state index contributed by atoms with van der Waals surface area (Å²) in [4.78, 5) is 35.9. The molecule has 144 valence electrons. The highest BCUT2D eigenvalue weighted by molar-refractivity contribution is 7.10. The third-order valence-electron chi connectivity index (χ3n) is 3.31. The van der Waals surface area contributed by atoms with Crippen molar-refractivity contribution in [3.8, 4) is 0 Å². The zero-order chi connectivity index (χ0) is 19.9. The van der Waals surface area contributed by atoms with E-state index >= 15 is 0 Å². The smallest absolute Gasteiger partial charge is 0.326 e. The number of thiophene rings is 1. The molecule has 0 aliphatic heterocycles. The Labute approximate surface area is 156 Å². The predicted octanol–water partition coefficient (Wildman–Crippen LogP) is 2.88. The van der Waals surface area contributed by atoms with Gasteiger partial charge < -0.3 is 5.32 Å². The SMILES string of the molecule is O=C(CCC(=O)Nc1cccc(C(F)(F)F)c1)NNC(=O)Cc1cccs1. The summed E-state index contributed by atoms with van der Waals surface area (Å²) < 4.78 is 37.9. The van der Waals surface area contributed by atoms with E-state index in [0.717, 1.165) is 17.0 Å². The van der Waals surface area contributed by atoms with E-state index in [9.17, 15) is 27.6 Å². The highest BCUT2D eigenvalue weighted by Crippen LogP contribution is 2.30. The predicted molar refractivity (Wildman–Crippen MR) is 93.6 cm³/mol. The number of hydrogen-bond acceptors (Lipinski definition) is 4. The van der Waals surface area contributed by atoms with Crippen molar-refractivity contribution in [3.63, 3.8) is 0 Å². The van der Waals surface area contributed by atoms with Crippen molar-refractivity contribution in [2.24, 2.45) is 0 Å². The van der Waals surface area contributed by atoms with E-state index in [1.807, 2.05) is 5.38 Å². The largest absolute Gasteiger partial charge is 0.416 e. The van der Waals surface area contributed by atoms with Crippen molar-refractivity contribution in [2.75, 3.05) is 5.32 Å². The van der Waals surface area contributed by atoms with Crippen molar-refractivity contribution in [2.45, 2.75) is 25.4 Å². The number of anilines is 1. The maximum absolute atomic E-state index is 12.6. The molecular weight excluding hydrogens is 383 g/mol. The standard InChI is InChI=1S/C17H16F3N3O3S/c18-17(19,20)11-3-1-4-12(9-11)21-14(24)6-7-15(25)22-23-16(26)10-13-5-2-8-27-13/h1-5,8-9H,6-7,10H2,(H,21,24)(H,22,25)(H,23,26). The molecule has 2 aromatic rings. The molecule has 0 atom stereocenters. The van der Waals surface area contributed by atoms with Crippen LogP contribution >= 0.6 is 11.3 Å². The Balaban J connectivity index is 1.72. The number of carbonyl (C=O) groups excluding carboxylic acids is 3. The van der Waals surface area contributed by atoms with Crippen molar-refractivity contribution in [3.05, 3.63) is 52.2 Å². The van der Waals surface area contributed by atoms with Gasteiger partial charge in [0.25, 0.3) is 0 Å². The highest BCUT2D eigenvalue weighted by atomic mass is 32.1. The van der Waals surface area contributed by atoms with Gasteiger partial charge in [-0.1, -0.05) is 12.1 Å². The second-order valence-electron chi connectivity index (χ2n) is 5.48. The minimum absolute atomic E-state index is 0.0144. The Morgan fingerprint density at radius 1 is 0.926 bits per heavy atom. The number of halogens is 3. The second-order valence-corrected chi connectivity index (χ2v) is 6.51. The number of hydrogen-bond donors (Lipinski definition) is 3. The Hall–Kier alpha value is -2.88. The van der Waals surface area contributed by atoms with Crippen LogP contribution in [0, 0.1) is 0 Å². The fourth-order valence-corrected chi connectivity index (χ4v) is 2.74. The summed E-state index contributed by atoms with van der Waals surface area (Å²) in [6, 6.07) is 7.77. The molecule has 6 nitrogen and oxygen atoms in total. The van der Waals surface area contributed by atoms with Gasteiger partial charge in [-0.05, 0) is 29.6 Å². The molecule has 3 amide bonds. The van der Waals surface area contributed by atoms with Gasteiger partial charge in [-0.15, -0.1) is 11.3 Å². The summed E-state index contributed by atoms with van der Waals surface area (Å²) in [5.74, 6) is -1.61. The molecular formula is C17H16F3N3O3S. The summed E-state index contributed by atoms with van der Waals surface area (Å²) in [5, 5.41) is 4.12. The fraction of sp³-hybridized carbons (Fsp3) is 0.235. The molecule has 0 fully saturated rings. The summed E-state index contributed by atoms with van der Waals surface area (Å²) in [6.45, 7) is 0. The summed E-state index contributed by atoms with van der Waals surface area (Å²) >= 11 is 1.41. The fourth-order valence-electron chi connectivity index (χ4n) is 2.04. The molecule has 3 N–H and O–H groups in total. The lowest BCUT2D eigenvalue weighted by atomic mass is 10.2. The molecule has 1 heterocycles. The van der Waals surface area contributed by atoms with Gasteiger partial charge in [-0.25, -0.2) is 0 Å². The lowest BCUT2D eigenvalue weighted by Crippen LogP contribution is -2.42. The number of alkyl halides is 3. The Kier molecular flexibility index (Phi) is 6.94. The number of carbonyl (C=O) groups is 3. The maximum atomic E-state index is 12.6. The minimum Gasteiger partial charge on any atom is -0.326 e. The van der Waals surface area contributed by atoms with E-state index in [0.29, 0.717) is 0 Å². The van der Waals surface area contributed by atoms with Gasteiger partial charge in [-0.2, -0.15) is 13.2 Å². The molecule has 2 rings (SSSR count). The zero-order valence-corrected chi connectivity index (χ0v) is 14.7. The van der Waals surface area contributed by atoms with E-state index in [4.69, 9.17) is 0 Å². The first-order valence-electron chi connectivity index (χ1n) is 7.81. The highest BCUT2D eigenvalue weighted by Gasteiger charge is 2.30. The van der Waals surface area contributed by atoms with Crippen LogP contribution in [0.4, 0.5) is 18.9 Å². The molecule has 0 radical (unpaired) electrons. The zero-order valence-electron chi connectivity index (χ0n) is 13.9. The number of rotatable bonds is 6. The van der Waals surface area contributed by atoms with E-state index in [-0.39, 0.29) is 24.9 Å². The van der Waals surface area contributed by atoms with E-state index < -0.39 is 29.5 Å². The Morgan fingerprint density at radius 3 is 2.30 bits per heavy atom. The number of hydrazine groups is 1. The molecule has 0 bridgehead atoms. The van der Waals surface area contributed by atoms with Crippen LogP contribution in [0.5, 0.6) is 0 Å².